The van der Waals surface area contributed by atoms with Crippen molar-refractivity contribution in [2.75, 3.05) is 27.4 Å². The number of H-pyrrole nitrogens is 1. The first kappa shape index (κ1) is 33.3. The van der Waals surface area contributed by atoms with Crippen molar-refractivity contribution in [3.63, 3.8) is 0 Å². The van der Waals surface area contributed by atoms with Crippen molar-refractivity contribution in [3.05, 3.63) is 64.4 Å². The van der Waals surface area contributed by atoms with Crippen LogP contribution in [0.2, 0.25) is 5.02 Å². The molecule has 238 valence electrons. The fraction of sp³-hybridized carbons (Fsp3) is 0.515. The quantitative estimate of drug-likeness (QED) is 0.202. The Morgan fingerprint density at radius 1 is 1.11 bits per heavy atom. The summed E-state index contributed by atoms with van der Waals surface area (Å²) in [5.41, 5.74) is 1.82. The highest BCUT2D eigenvalue weighted by Crippen LogP contribution is 2.40. The van der Waals surface area contributed by atoms with Crippen LogP contribution in [0, 0.1) is 11.8 Å². The van der Waals surface area contributed by atoms with Gasteiger partial charge in [-0.3, -0.25) is 9.59 Å². The number of hydrogen-bond acceptors (Lipinski definition) is 6. The average molecular weight is 626 g/mol. The monoisotopic (exact) mass is 625 g/mol. The van der Waals surface area contributed by atoms with Crippen molar-refractivity contribution in [2.24, 2.45) is 11.8 Å². The smallest absolute Gasteiger partial charge is 0.407 e. The predicted octanol–water partition coefficient (Wildman–Crippen LogP) is 5.38. The lowest BCUT2D eigenvalue weighted by molar-refractivity contribution is -0.135. The van der Waals surface area contributed by atoms with Crippen LogP contribution in [-0.4, -0.2) is 61.3 Å². The summed E-state index contributed by atoms with van der Waals surface area (Å²) >= 11 is 6.63. The number of fused-ring (bicyclic) bond motifs is 1. The maximum Gasteiger partial charge on any atom is 0.407 e. The van der Waals surface area contributed by atoms with Gasteiger partial charge in [-0.15, -0.1) is 0 Å². The summed E-state index contributed by atoms with van der Waals surface area (Å²) < 4.78 is 10.5. The van der Waals surface area contributed by atoms with E-state index in [-0.39, 0.29) is 36.2 Å². The van der Waals surface area contributed by atoms with Gasteiger partial charge < -0.3 is 30.4 Å². The number of ether oxygens (including phenoxy) is 2. The van der Waals surface area contributed by atoms with Crippen LogP contribution in [0.1, 0.15) is 75.9 Å². The molecule has 0 radical (unpaired) electrons. The summed E-state index contributed by atoms with van der Waals surface area (Å²) in [4.78, 5) is 47.6. The molecule has 1 saturated carbocycles. The van der Waals surface area contributed by atoms with Gasteiger partial charge in [0.1, 0.15) is 11.9 Å². The number of imidazole rings is 1. The largest absolute Gasteiger partial charge is 0.453 e. The van der Waals surface area contributed by atoms with E-state index in [1.165, 1.54) is 7.11 Å². The Kier molecular flexibility index (Phi) is 10.9. The van der Waals surface area contributed by atoms with Gasteiger partial charge in [-0.2, -0.15) is 0 Å². The standard InChI is InChI=1S/C33H44ClN5O5/c1-7-35-30(40)27(20-11-10-12-20)38-31(41)33(4,18-43-5)21-15-16-24-25(17-21)37-29(36-24)28(39-32(42)44-6)26(19(2)3)22-13-8-9-14-23(22)34/h8-9,13-17,19-20,26-28H,7,10-12,18H2,1-6H3,(H,35,40)(H,36,37)(H,38,41)(H,39,42)/t26-,27+,28-,33?/m0/s1. The Morgan fingerprint density at radius 2 is 1.84 bits per heavy atom. The van der Waals surface area contributed by atoms with Gasteiger partial charge in [0.05, 0.1) is 36.2 Å². The maximum absolute atomic E-state index is 13.9. The lowest BCUT2D eigenvalue weighted by atomic mass is 9.77. The molecule has 1 aliphatic carbocycles. The van der Waals surface area contributed by atoms with E-state index in [2.05, 4.69) is 34.8 Å². The Bertz CT molecular complexity index is 1470. The number of alkyl carbamates (subject to hydrolysis) is 1. The topological polar surface area (TPSA) is 134 Å². The number of likely N-dealkylation sites (N-methyl/N-ethyl adjacent to an activating group) is 1. The lowest BCUT2D eigenvalue weighted by Crippen LogP contribution is -2.57. The van der Waals surface area contributed by atoms with E-state index in [9.17, 15) is 14.4 Å². The fourth-order valence-electron chi connectivity index (χ4n) is 6.02. The number of hydrogen-bond donors (Lipinski definition) is 4. The molecule has 2 aromatic carbocycles. The van der Waals surface area contributed by atoms with Gasteiger partial charge in [0, 0.05) is 24.6 Å². The molecule has 11 heteroatoms. The first-order chi connectivity index (χ1) is 21.0. The first-order valence-electron chi connectivity index (χ1n) is 15.2. The molecule has 3 amide bonds. The molecule has 4 N–H and O–H groups in total. The van der Waals surface area contributed by atoms with Gasteiger partial charge in [0.2, 0.25) is 11.8 Å². The number of nitrogens with zero attached hydrogens (tertiary/aromatic N) is 1. The number of rotatable bonds is 13. The molecule has 1 heterocycles. The van der Waals surface area contributed by atoms with E-state index in [0.717, 1.165) is 30.3 Å². The molecule has 4 rings (SSSR count). The van der Waals surface area contributed by atoms with Gasteiger partial charge in [0.15, 0.2) is 0 Å². The summed E-state index contributed by atoms with van der Waals surface area (Å²) in [6, 6.07) is 12.0. The van der Waals surface area contributed by atoms with Gasteiger partial charge in [-0.1, -0.05) is 56.1 Å². The van der Waals surface area contributed by atoms with Gasteiger partial charge >= 0.3 is 6.09 Å². The van der Waals surface area contributed by atoms with E-state index < -0.39 is 23.6 Å². The second-order valence-corrected chi connectivity index (χ2v) is 12.5. The Labute approximate surface area is 264 Å². The van der Waals surface area contributed by atoms with Crippen molar-refractivity contribution in [1.82, 2.24) is 25.9 Å². The molecule has 1 aliphatic rings. The Hall–Kier alpha value is -3.63. The summed E-state index contributed by atoms with van der Waals surface area (Å²) in [7, 11) is 2.87. The molecule has 1 aromatic heterocycles. The normalized spacial score (nSPS) is 16.8. The number of aromatic amines is 1. The molecular formula is C33H44ClN5O5. The van der Waals surface area contributed by atoms with Crippen LogP contribution in [0.3, 0.4) is 0 Å². The summed E-state index contributed by atoms with van der Waals surface area (Å²) in [5.74, 6) is 0.0231. The van der Waals surface area contributed by atoms with Gasteiger partial charge in [-0.25, -0.2) is 9.78 Å². The van der Waals surface area contributed by atoms with E-state index >= 15 is 0 Å². The number of amides is 3. The number of carbonyl (C=O) groups excluding carboxylic acids is 3. The minimum atomic E-state index is -1.10. The number of benzene rings is 2. The number of aromatic nitrogens is 2. The molecule has 4 atom stereocenters. The molecular weight excluding hydrogens is 582 g/mol. The number of nitrogens with one attached hydrogen (secondary N) is 4. The molecule has 44 heavy (non-hydrogen) atoms. The van der Waals surface area contributed by atoms with Crippen LogP contribution in [-0.2, 0) is 24.5 Å². The maximum atomic E-state index is 13.9. The van der Waals surface area contributed by atoms with Gasteiger partial charge in [-0.05, 0) is 67.9 Å². The van der Waals surface area contributed by atoms with Crippen LogP contribution in [0.5, 0.6) is 0 Å². The molecule has 1 fully saturated rings. The highest BCUT2D eigenvalue weighted by Gasteiger charge is 2.41. The average Bonchev–Trinajstić information content (AvgIpc) is 3.39. The summed E-state index contributed by atoms with van der Waals surface area (Å²) in [5, 5.41) is 9.47. The molecule has 1 unspecified atom stereocenters. The molecule has 10 nitrogen and oxygen atoms in total. The molecule has 0 saturated heterocycles. The van der Waals surface area contributed by atoms with Crippen LogP contribution in [0.25, 0.3) is 11.0 Å². The van der Waals surface area contributed by atoms with Crippen molar-refractivity contribution < 1.29 is 23.9 Å². The van der Waals surface area contributed by atoms with E-state index in [1.807, 2.05) is 56.3 Å². The molecule has 3 aromatic rings. The number of halogens is 1. The SMILES string of the molecule is CCNC(=O)[C@H](NC(=O)C(C)(COC)c1ccc2[nH]c([C@@H](NC(=O)OC)[C@H](c3ccccc3Cl)C(C)C)nc2c1)C1CCC1. The number of carbonyl (C=O) groups is 3. The van der Waals surface area contributed by atoms with Crippen LogP contribution >= 0.6 is 11.6 Å². The summed E-state index contributed by atoms with van der Waals surface area (Å²) in [6.07, 6.45) is 2.25. The third kappa shape index (κ3) is 7.02. The lowest BCUT2D eigenvalue weighted by Gasteiger charge is -2.36. The minimum Gasteiger partial charge on any atom is -0.453 e. The minimum absolute atomic E-state index is 0.0723. The molecule has 0 spiro atoms. The zero-order valence-corrected chi connectivity index (χ0v) is 27.1. The Balaban J connectivity index is 1.72. The fourth-order valence-corrected chi connectivity index (χ4v) is 6.28. The van der Waals surface area contributed by atoms with E-state index in [4.69, 9.17) is 26.1 Å². The van der Waals surface area contributed by atoms with Crippen molar-refractivity contribution >= 4 is 40.5 Å². The summed E-state index contributed by atoms with van der Waals surface area (Å²) in [6.45, 7) is 8.39. The second kappa shape index (κ2) is 14.4. The highest BCUT2D eigenvalue weighted by molar-refractivity contribution is 6.31. The third-order valence-corrected chi connectivity index (χ3v) is 9.05. The zero-order valence-electron chi connectivity index (χ0n) is 26.3. The Morgan fingerprint density at radius 3 is 2.43 bits per heavy atom. The zero-order chi connectivity index (χ0) is 32.0. The van der Waals surface area contributed by atoms with Gasteiger partial charge in [0.25, 0.3) is 0 Å². The van der Waals surface area contributed by atoms with E-state index in [1.54, 1.807) is 7.11 Å². The van der Waals surface area contributed by atoms with Crippen LogP contribution in [0.4, 0.5) is 4.79 Å². The molecule has 0 bridgehead atoms. The second-order valence-electron chi connectivity index (χ2n) is 12.1. The van der Waals surface area contributed by atoms with Crippen molar-refractivity contribution in [2.45, 2.75) is 70.4 Å². The van der Waals surface area contributed by atoms with Crippen molar-refractivity contribution in [3.8, 4) is 0 Å². The highest BCUT2D eigenvalue weighted by atomic mass is 35.5. The predicted molar refractivity (Wildman–Crippen MR) is 171 cm³/mol. The third-order valence-electron chi connectivity index (χ3n) is 8.71. The first-order valence-corrected chi connectivity index (χ1v) is 15.6. The number of methoxy groups -OCH3 is 2. The van der Waals surface area contributed by atoms with Crippen molar-refractivity contribution in [1.29, 1.82) is 0 Å². The van der Waals surface area contributed by atoms with E-state index in [0.29, 0.717) is 28.5 Å². The van der Waals surface area contributed by atoms with Crippen LogP contribution < -0.4 is 16.0 Å². The molecule has 0 aliphatic heterocycles. The van der Waals surface area contributed by atoms with Crippen LogP contribution in [0.15, 0.2) is 42.5 Å².